The third-order valence-corrected chi connectivity index (χ3v) is 6.13. The summed E-state index contributed by atoms with van der Waals surface area (Å²) in [5.41, 5.74) is 1.14. The zero-order valence-corrected chi connectivity index (χ0v) is 14.6. The highest BCUT2D eigenvalue weighted by atomic mass is 79.9. The van der Waals surface area contributed by atoms with E-state index in [0.717, 1.165) is 10.0 Å². The van der Waals surface area contributed by atoms with Gasteiger partial charge in [-0.15, -0.1) is 0 Å². The Kier molecular flexibility index (Phi) is 5.19. The minimum atomic E-state index is -3.48. The monoisotopic (exact) mass is 423 g/mol. The van der Waals surface area contributed by atoms with Crippen LogP contribution >= 0.6 is 43.2 Å². The molecule has 2 aromatic rings. The van der Waals surface area contributed by atoms with E-state index in [1.54, 1.807) is 29.5 Å². The largest absolute Gasteiger partial charge is 0.241 e. The lowest BCUT2D eigenvalue weighted by Crippen LogP contribution is -2.26. The Balaban J connectivity index is 2.05. The molecule has 19 heavy (non-hydrogen) atoms. The van der Waals surface area contributed by atoms with Crippen LogP contribution in [0.3, 0.4) is 0 Å². The van der Waals surface area contributed by atoms with Gasteiger partial charge in [0.1, 0.15) is 0 Å². The van der Waals surface area contributed by atoms with Crippen LogP contribution in [0, 0.1) is 0 Å². The highest BCUT2D eigenvalue weighted by Crippen LogP contribution is 2.25. The molecular formula is C12H11Br2NO2S2. The molecule has 0 aliphatic rings. The molecule has 0 fully saturated rings. The van der Waals surface area contributed by atoms with Gasteiger partial charge >= 0.3 is 0 Å². The van der Waals surface area contributed by atoms with E-state index in [1.165, 1.54) is 0 Å². The standard InChI is InChI=1S/C12H11Br2NO2S2/c13-10-1-2-12(11(14)7-10)19(16,17)15-5-3-9-4-6-18-8-9/h1-2,4,6-8,15H,3,5H2. The summed E-state index contributed by atoms with van der Waals surface area (Å²) in [5, 5.41) is 4.00. The van der Waals surface area contributed by atoms with Crippen LogP contribution in [0.25, 0.3) is 0 Å². The van der Waals surface area contributed by atoms with E-state index in [1.807, 2.05) is 16.8 Å². The normalized spacial score (nSPS) is 11.7. The fourth-order valence-corrected chi connectivity index (χ4v) is 5.01. The third kappa shape index (κ3) is 4.13. The van der Waals surface area contributed by atoms with Gasteiger partial charge in [0.2, 0.25) is 10.0 Å². The molecule has 0 spiro atoms. The molecule has 0 aliphatic heterocycles. The molecule has 0 radical (unpaired) electrons. The molecule has 0 bridgehead atoms. The van der Waals surface area contributed by atoms with E-state index in [2.05, 4.69) is 36.6 Å². The fourth-order valence-electron chi connectivity index (χ4n) is 1.54. The number of hydrogen-bond donors (Lipinski definition) is 1. The highest BCUT2D eigenvalue weighted by Gasteiger charge is 2.17. The number of hydrogen-bond acceptors (Lipinski definition) is 3. The van der Waals surface area contributed by atoms with Crippen molar-refractivity contribution in [3.63, 3.8) is 0 Å². The van der Waals surface area contributed by atoms with E-state index in [-0.39, 0.29) is 4.90 Å². The summed E-state index contributed by atoms with van der Waals surface area (Å²) in [4.78, 5) is 0.251. The summed E-state index contributed by atoms with van der Waals surface area (Å²) in [7, 11) is -3.48. The van der Waals surface area contributed by atoms with Crippen LogP contribution in [0.1, 0.15) is 5.56 Å². The van der Waals surface area contributed by atoms with Gasteiger partial charge in [0.25, 0.3) is 0 Å². The smallest absolute Gasteiger partial charge is 0.211 e. The zero-order valence-electron chi connectivity index (χ0n) is 9.77. The van der Waals surface area contributed by atoms with E-state index < -0.39 is 10.0 Å². The Bertz CT molecular complexity index is 654. The molecule has 1 aromatic carbocycles. The predicted molar refractivity (Wildman–Crippen MR) is 85.1 cm³/mol. The zero-order chi connectivity index (χ0) is 13.9. The first-order valence-electron chi connectivity index (χ1n) is 5.45. The fraction of sp³-hybridized carbons (Fsp3) is 0.167. The van der Waals surface area contributed by atoms with Crippen LogP contribution in [0.2, 0.25) is 0 Å². The van der Waals surface area contributed by atoms with Crippen LogP contribution in [-0.4, -0.2) is 15.0 Å². The summed E-state index contributed by atoms with van der Waals surface area (Å²) in [6.07, 6.45) is 0.691. The van der Waals surface area contributed by atoms with Gasteiger partial charge in [-0.2, -0.15) is 11.3 Å². The van der Waals surface area contributed by atoms with Crippen molar-refractivity contribution in [3.05, 3.63) is 49.5 Å². The molecule has 1 N–H and O–H groups in total. The van der Waals surface area contributed by atoms with Crippen molar-refractivity contribution in [2.75, 3.05) is 6.54 Å². The summed E-state index contributed by atoms with van der Waals surface area (Å²) < 4.78 is 28.3. The first-order chi connectivity index (χ1) is 8.99. The van der Waals surface area contributed by atoms with Crippen molar-refractivity contribution in [2.24, 2.45) is 0 Å². The lowest BCUT2D eigenvalue weighted by molar-refractivity contribution is 0.581. The van der Waals surface area contributed by atoms with Crippen LogP contribution in [0.5, 0.6) is 0 Å². The molecular weight excluding hydrogens is 414 g/mol. The number of halogens is 2. The molecule has 3 nitrogen and oxygen atoms in total. The third-order valence-electron chi connectivity index (χ3n) is 2.47. The Labute approximate surface area is 133 Å². The van der Waals surface area contributed by atoms with E-state index in [0.29, 0.717) is 17.4 Å². The lowest BCUT2D eigenvalue weighted by atomic mass is 10.2. The van der Waals surface area contributed by atoms with Crippen LogP contribution in [0.4, 0.5) is 0 Å². The van der Waals surface area contributed by atoms with Crippen molar-refractivity contribution in [3.8, 4) is 0 Å². The molecule has 102 valence electrons. The SMILES string of the molecule is O=S(=O)(NCCc1ccsc1)c1ccc(Br)cc1Br. The van der Waals surface area contributed by atoms with Crippen LogP contribution in [-0.2, 0) is 16.4 Å². The molecule has 0 saturated carbocycles. The summed E-state index contributed by atoms with van der Waals surface area (Å²) >= 11 is 8.17. The van der Waals surface area contributed by atoms with Gasteiger partial charge in [-0.1, -0.05) is 15.9 Å². The first-order valence-corrected chi connectivity index (χ1v) is 9.46. The van der Waals surface area contributed by atoms with Gasteiger partial charge in [0.05, 0.1) is 4.90 Å². The molecule has 0 amide bonds. The molecule has 0 unspecified atom stereocenters. The molecule has 1 heterocycles. The van der Waals surface area contributed by atoms with Gasteiger partial charge in [-0.3, -0.25) is 0 Å². The molecule has 0 atom stereocenters. The lowest BCUT2D eigenvalue weighted by Gasteiger charge is -2.08. The second kappa shape index (κ2) is 6.49. The first kappa shape index (κ1) is 15.2. The quantitative estimate of drug-likeness (QED) is 0.793. The topological polar surface area (TPSA) is 46.2 Å². The predicted octanol–water partition coefficient (Wildman–Crippen LogP) is 3.79. The van der Waals surface area contributed by atoms with Gasteiger partial charge in [-0.25, -0.2) is 13.1 Å². The van der Waals surface area contributed by atoms with Crippen molar-refractivity contribution < 1.29 is 8.42 Å². The Morgan fingerprint density at radius 3 is 2.63 bits per heavy atom. The maximum absolute atomic E-state index is 12.1. The summed E-state index contributed by atoms with van der Waals surface area (Å²) in [6.45, 7) is 0.390. The number of thiophene rings is 1. The maximum Gasteiger partial charge on any atom is 0.241 e. The van der Waals surface area contributed by atoms with Gasteiger partial charge < -0.3 is 0 Å². The second-order valence-corrected chi connectivity index (χ2v) is 8.14. The Morgan fingerprint density at radius 2 is 2.00 bits per heavy atom. The minimum Gasteiger partial charge on any atom is -0.211 e. The average Bonchev–Trinajstić information content (AvgIpc) is 2.81. The Hall–Kier alpha value is -0.210. The van der Waals surface area contributed by atoms with Crippen molar-refractivity contribution in [2.45, 2.75) is 11.3 Å². The van der Waals surface area contributed by atoms with Gasteiger partial charge in [-0.05, 0) is 62.9 Å². The second-order valence-electron chi connectivity index (χ2n) is 3.85. The molecule has 2 rings (SSSR count). The number of benzene rings is 1. The molecule has 0 saturated heterocycles. The molecule has 7 heteroatoms. The van der Waals surface area contributed by atoms with Crippen molar-refractivity contribution in [1.82, 2.24) is 4.72 Å². The van der Waals surface area contributed by atoms with Gasteiger partial charge in [0, 0.05) is 15.5 Å². The Morgan fingerprint density at radius 1 is 1.21 bits per heavy atom. The molecule has 1 aromatic heterocycles. The van der Waals surface area contributed by atoms with E-state index in [4.69, 9.17) is 0 Å². The van der Waals surface area contributed by atoms with Crippen molar-refractivity contribution >= 4 is 53.2 Å². The summed E-state index contributed by atoms with van der Waals surface area (Å²) in [6, 6.07) is 6.99. The van der Waals surface area contributed by atoms with Crippen LogP contribution < -0.4 is 4.72 Å². The van der Waals surface area contributed by atoms with Gasteiger partial charge in [0.15, 0.2) is 0 Å². The minimum absolute atomic E-state index is 0.251. The highest BCUT2D eigenvalue weighted by molar-refractivity contribution is 9.11. The van der Waals surface area contributed by atoms with Crippen molar-refractivity contribution in [1.29, 1.82) is 0 Å². The number of sulfonamides is 1. The maximum atomic E-state index is 12.1. The van der Waals surface area contributed by atoms with E-state index in [9.17, 15) is 8.42 Å². The van der Waals surface area contributed by atoms with Crippen LogP contribution in [0.15, 0.2) is 48.9 Å². The molecule has 0 aliphatic carbocycles. The number of rotatable bonds is 5. The number of nitrogens with one attached hydrogen (secondary N) is 1. The van der Waals surface area contributed by atoms with E-state index >= 15 is 0 Å². The summed E-state index contributed by atoms with van der Waals surface area (Å²) in [5.74, 6) is 0. The average molecular weight is 425 g/mol.